The van der Waals surface area contributed by atoms with Crippen molar-refractivity contribution in [2.45, 2.75) is 38.9 Å². The van der Waals surface area contributed by atoms with E-state index in [-0.39, 0.29) is 30.9 Å². The zero-order chi connectivity index (χ0) is 26.9. The molecule has 4 aromatic carbocycles. The van der Waals surface area contributed by atoms with Gasteiger partial charge in [-0.25, -0.2) is 4.39 Å². The highest BCUT2D eigenvalue weighted by molar-refractivity contribution is 5.71. The van der Waals surface area contributed by atoms with Crippen LogP contribution in [0.15, 0.2) is 103 Å². The number of benzene rings is 4. The molecule has 0 amide bonds. The summed E-state index contributed by atoms with van der Waals surface area (Å²) >= 11 is 0. The van der Waals surface area contributed by atoms with E-state index in [1.165, 1.54) is 12.1 Å². The van der Waals surface area contributed by atoms with Gasteiger partial charge >= 0.3 is 5.97 Å². The van der Waals surface area contributed by atoms with Crippen LogP contribution in [0.3, 0.4) is 0 Å². The molecule has 4 aromatic rings. The first-order chi connectivity index (χ1) is 18.5. The number of rotatable bonds is 11. The largest absolute Gasteiger partial charge is 0.497 e. The van der Waals surface area contributed by atoms with E-state index in [2.05, 4.69) is 36.1 Å². The van der Waals surface area contributed by atoms with Gasteiger partial charge in [-0.1, -0.05) is 72.8 Å². The van der Waals surface area contributed by atoms with E-state index in [9.17, 15) is 4.79 Å². The quantitative estimate of drug-likeness (QED) is 0.193. The molecule has 0 N–H and O–H groups in total. The maximum absolute atomic E-state index is 15.2. The van der Waals surface area contributed by atoms with Crippen molar-refractivity contribution in [1.29, 1.82) is 0 Å². The predicted octanol–water partition coefficient (Wildman–Crippen LogP) is 7.76. The number of hydrogen-bond acceptors (Lipinski definition) is 4. The second kappa shape index (κ2) is 13.0. The van der Waals surface area contributed by atoms with Crippen molar-refractivity contribution < 1.29 is 18.7 Å². The van der Waals surface area contributed by atoms with E-state index in [0.717, 1.165) is 27.8 Å². The van der Waals surface area contributed by atoms with Crippen molar-refractivity contribution in [3.05, 3.63) is 126 Å². The van der Waals surface area contributed by atoms with Crippen LogP contribution in [0.1, 0.15) is 49.0 Å². The molecule has 0 radical (unpaired) electrons. The van der Waals surface area contributed by atoms with E-state index in [4.69, 9.17) is 9.47 Å². The Morgan fingerprint density at radius 2 is 1.55 bits per heavy atom. The number of ether oxygens (including phenoxy) is 2. The highest BCUT2D eigenvalue weighted by Gasteiger charge is 2.29. The Kier molecular flexibility index (Phi) is 9.28. The molecule has 2 atom stereocenters. The summed E-state index contributed by atoms with van der Waals surface area (Å²) in [6.07, 6.45) is 0.0961. The fraction of sp³-hybridized carbons (Fsp3) is 0.242. The predicted molar refractivity (Wildman–Crippen MR) is 149 cm³/mol. The molecule has 0 heterocycles. The van der Waals surface area contributed by atoms with Gasteiger partial charge in [-0.15, -0.1) is 0 Å². The molecule has 0 fully saturated rings. The van der Waals surface area contributed by atoms with Crippen LogP contribution in [-0.2, 0) is 16.1 Å². The van der Waals surface area contributed by atoms with Gasteiger partial charge in [0.15, 0.2) is 0 Å². The number of carbonyl (C=O) groups excluding carboxylic acids is 1. The Bertz CT molecular complexity index is 1330. The summed E-state index contributed by atoms with van der Waals surface area (Å²) in [5.74, 6) is 0.0176. The van der Waals surface area contributed by atoms with Crippen LogP contribution >= 0.6 is 0 Å². The van der Waals surface area contributed by atoms with Crippen LogP contribution in [0.5, 0.6) is 5.75 Å². The third-order valence-corrected chi connectivity index (χ3v) is 6.76. The molecule has 0 aromatic heterocycles. The first kappa shape index (κ1) is 27.1. The van der Waals surface area contributed by atoms with Crippen LogP contribution < -0.4 is 4.74 Å². The highest BCUT2D eigenvalue weighted by atomic mass is 19.1. The summed E-state index contributed by atoms with van der Waals surface area (Å²) in [6, 6.07) is 32.4. The lowest BCUT2D eigenvalue weighted by Crippen LogP contribution is -2.33. The molecule has 5 heteroatoms. The average molecular weight is 512 g/mol. The number of carbonyl (C=O) groups is 1. The maximum Gasteiger partial charge on any atom is 0.307 e. The molecule has 0 aliphatic rings. The molecular formula is C33H34FNO3. The zero-order valence-electron chi connectivity index (χ0n) is 22.1. The first-order valence-corrected chi connectivity index (χ1v) is 12.9. The van der Waals surface area contributed by atoms with Crippen LogP contribution in [0.4, 0.5) is 4.39 Å². The second-order valence-corrected chi connectivity index (χ2v) is 9.27. The van der Waals surface area contributed by atoms with Crippen LogP contribution in [0.2, 0.25) is 0 Å². The topological polar surface area (TPSA) is 38.8 Å². The lowest BCUT2D eigenvalue weighted by molar-refractivity contribution is -0.145. The minimum atomic E-state index is -0.426. The molecule has 0 spiro atoms. The molecule has 0 bridgehead atoms. The Morgan fingerprint density at radius 3 is 2.24 bits per heavy atom. The third-order valence-electron chi connectivity index (χ3n) is 6.76. The molecule has 0 saturated heterocycles. The molecule has 38 heavy (non-hydrogen) atoms. The van der Waals surface area contributed by atoms with Gasteiger partial charge in [0.1, 0.15) is 11.6 Å². The number of nitrogens with zero attached hydrogens (tertiary/aromatic N) is 1. The number of hydrogen-bond donors (Lipinski definition) is 0. The SMILES string of the molecule is CCOC(=O)C[C@@H](c1cc(F)cc(-c2cccc(OC)c2)c1)N(Cc1ccccc1)[C@H](C)c1ccccc1. The Labute approximate surface area is 224 Å². The number of methoxy groups -OCH3 is 1. The molecule has 0 aliphatic carbocycles. The highest BCUT2D eigenvalue weighted by Crippen LogP contribution is 2.37. The monoisotopic (exact) mass is 511 g/mol. The maximum atomic E-state index is 15.2. The van der Waals surface area contributed by atoms with Gasteiger partial charge in [0.2, 0.25) is 0 Å². The fourth-order valence-corrected chi connectivity index (χ4v) is 4.81. The normalized spacial score (nSPS) is 12.7. The number of esters is 1. The lowest BCUT2D eigenvalue weighted by atomic mass is 9.93. The molecule has 0 unspecified atom stereocenters. The Hall–Kier alpha value is -3.96. The van der Waals surface area contributed by atoms with Gasteiger partial charge in [-0.3, -0.25) is 9.69 Å². The van der Waals surface area contributed by atoms with E-state index in [1.807, 2.05) is 66.7 Å². The van der Waals surface area contributed by atoms with Gasteiger partial charge in [0.25, 0.3) is 0 Å². The third kappa shape index (κ3) is 6.87. The fourth-order valence-electron chi connectivity index (χ4n) is 4.81. The van der Waals surface area contributed by atoms with Crippen LogP contribution in [0, 0.1) is 5.82 Å². The summed E-state index contributed by atoms with van der Waals surface area (Å²) < 4.78 is 26.0. The summed E-state index contributed by atoms with van der Waals surface area (Å²) in [5.41, 5.74) is 4.50. The van der Waals surface area contributed by atoms with Crippen molar-refractivity contribution in [3.63, 3.8) is 0 Å². The van der Waals surface area contributed by atoms with Gasteiger partial charge < -0.3 is 9.47 Å². The van der Waals surface area contributed by atoms with Crippen molar-refractivity contribution in [1.82, 2.24) is 4.90 Å². The van der Waals surface area contributed by atoms with Crippen molar-refractivity contribution in [2.75, 3.05) is 13.7 Å². The summed E-state index contributed by atoms with van der Waals surface area (Å²) in [7, 11) is 1.61. The van der Waals surface area contributed by atoms with E-state index in [0.29, 0.717) is 12.3 Å². The zero-order valence-corrected chi connectivity index (χ0v) is 22.1. The van der Waals surface area contributed by atoms with E-state index < -0.39 is 6.04 Å². The molecule has 0 saturated carbocycles. The van der Waals surface area contributed by atoms with Crippen LogP contribution in [-0.4, -0.2) is 24.6 Å². The standard InChI is InChI=1S/C33H34FNO3/c1-4-38-33(36)22-32(29-18-28(19-30(34)20-29)27-16-11-17-31(21-27)37-3)35(23-25-12-7-5-8-13-25)24(2)26-14-9-6-10-15-26/h5-21,24,32H,4,22-23H2,1-3H3/t24-,32+/m1/s1. The van der Waals surface area contributed by atoms with Gasteiger partial charge in [0.05, 0.1) is 20.1 Å². The molecule has 0 aliphatic heterocycles. The van der Waals surface area contributed by atoms with Gasteiger partial charge in [0, 0.05) is 18.6 Å². The minimum absolute atomic E-state index is 0.0561. The summed E-state index contributed by atoms with van der Waals surface area (Å²) in [6.45, 7) is 4.78. The van der Waals surface area contributed by atoms with E-state index in [1.54, 1.807) is 14.0 Å². The Balaban J connectivity index is 1.83. The number of halogens is 1. The average Bonchev–Trinajstić information content (AvgIpc) is 2.95. The lowest BCUT2D eigenvalue weighted by Gasteiger charge is -2.37. The van der Waals surface area contributed by atoms with Crippen molar-refractivity contribution >= 4 is 5.97 Å². The molecular weight excluding hydrogens is 477 g/mol. The molecule has 196 valence electrons. The summed E-state index contributed by atoms with van der Waals surface area (Å²) in [4.78, 5) is 15.2. The molecule has 4 rings (SSSR count). The van der Waals surface area contributed by atoms with Gasteiger partial charge in [-0.2, -0.15) is 0 Å². The summed E-state index contributed by atoms with van der Waals surface area (Å²) in [5, 5.41) is 0. The van der Waals surface area contributed by atoms with Crippen molar-refractivity contribution in [2.24, 2.45) is 0 Å². The van der Waals surface area contributed by atoms with E-state index >= 15 is 4.39 Å². The molecule has 4 nitrogen and oxygen atoms in total. The minimum Gasteiger partial charge on any atom is -0.497 e. The van der Waals surface area contributed by atoms with Gasteiger partial charge in [-0.05, 0) is 72.0 Å². The Morgan fingerprint density at radius 1 is 0.842 bits per heavy atom. The first-order valence-electron chi connectivity index (χ1n) is 12.9. The second-order valence-electron chi connectivity index (χ2n) is 9.27. The van der Waals surface area contributed by atoms with Crippen LogP contribution in [0.25, 0.3) is 11.1 Å². The van der Waals surface area contributed by atoms with Crippen molar-refractivity contribution in [3.8, 4) is 16.9 Å². The smallest absolute Gasteiger partial charge is 0.307 e.